The number of carbonyl (C=O) groups is 1. The van der Waals surface area contributed by atoms with E-state index < -0.39 is 9.84 Å². The standard InChI is InChI=1S/C17H25NO3S/c1-3-13(2)15-6-4-5-7-16(15)18-17(19)12-14-8-10-22(20,21)11-9-14/h4-7,13-14H,3,8-12H2,1-2H3,(H,18,19). The second-order valence-electron chi connectivity index (χ2n) is 6.24. The Bertz CT molecular complexity index is 611. The van der Waals surface area contributed by atoms with Crippen molar-refractivity contribution in [3.63, 3.8) is 0 Å². The molecule has 1 unspecified atom stereocenters. The lowest BCUT2D eigenvalue weighted by atomic mass is 9.96. The quantitative estimate of drug-likeness (QED) is 0.904. The lowest BCUT2D eigenvalue weighted by molar-refractivity contribution is -0.117. The Morgan fingerprint density at radius 2 is 1.91 bits per heavy atom. The summed E-state index contributed by atoms with van der Waals surface area (Å²) < 4.78 is 22.9. The molecular formula is C17H25NO3S. The first kappa shape index (κ1) is 17.0. The molecule has 0 spiro atoms. The molecule has 0 aliphatic carbocycles. The van der Waals surface area contributed by atoms with E-state index in [1.165, 1.54) is 0 Å². The average Bonchev–Trinajstić information content (AvgIpc) is 2.49. The largest absolute Gasteiger partial charge is 0.326 e. The first-order valence-electron chi connectivity index (χ1n) is 8.00. The number of para-hydroxylation sites is 1. The SMILES string of the molecule is CCC(C)c1ccccc1NC(=O)CC1CCS(=O)(=O)CC1. The second kappa shape index (κ2) is 7.27. The van der Waals surface area contributed by atoms with E-state index in [2.05, 4.69) is 25.2 Å². The lowest BCUT2D eigenvalue weighted by Gasteiger charge is -2.22. The van der Waals surface area contributed by atoms with Gasteiger partial charge in [-0.15, -0.1) is 0 Å². The smallest absolute Gasteiger partial charge is 0.224 e. The first-order chi connectivity index (χ1) is 10.4. The van der Waals surface area contributed by atoms with Crippen LogP contribution in [-0.2, 0) is 14.6 Å². The monoisotopic (exact) mass is 323 g/mol. The highest BCUT2D eigenvalue weighted by Gasteiger charge is 2.25. The molecule has 0 bridgehead atoms. The molecule has 0 radical (unpaired) electrons. The maximum absolute atomic E-state index is 12.2. The van der Waals surface area contributed by atoms with Gasteiger partial charge in [0.05, 0.1) is 11.5 Å². The molecule has 1 fully saturated rings. The Balaban J connectivity index is 1.95. The van der Waals surface area contributed by atoms with Crippen LogP contribution in [-0.4, -0.2) is 25.8 Å². The van der Waals surface area contributed by atoms with Crippen LogP contribution in [0.15, 0.2) is 24.3 Å². The van der Waals surface area contributed by atoms with Crippen LogP contribution >= 0.6 is 0 Å². The molecule has 1 atom stereocenters. The molecule has 1 aliphatic rings. The minimum absolute atomic E-state index is 0.0138. The summed E-state index contributed by atoms with van der Waals surface area (Å²) in [5, 5.41) is 3.01. The molecule has 22 heavy (non-hydrogen) atoms. The van der Waals surface area contributed by atoms with Crippen LogP contribution in [0.1, 0.15) is 51.0 Å². The van der Waals surface area contributed by atoms with Gasteiger partial charge in [-0.05, 0) is 42.7 Å². The van der Waals surface area contributed by atoms with E-state index in [0.29, 0.717) is 25.2 Å². The molecule has 4 nitrogen and oxygen atoms in total. The van der Waals surface area contributed by atoms with Crippen molar-refractivity contribution >= 4 is 21.4 Å². The van der Waals surface area contributed by atoms with Crippen LogP contribution in [0.25, 0.3) is 0 Å². The molecule has 5 heteroatoms. The van der Waals surface area contributed by atoms with Crippen molar-refractivity contribution in [1.29, 1.82) is 0 Å². The minimum atomic E-state index is -2.86. The van der Waals surface area contributed by atoms with Crippen LogP contribution in [0.2, 0.25) is 0 Å². The summed E-state index contributed by atoms with van der Waals surface area (Å²) in [5.74, 6) is 0.999. The van der Waals surface area contributed by atoms with E-state index in [-0.39, 0.29) is 23.3 Å². The molecular weight excluding hydrogens is 298 g/mol. The number of hydrogen-bond donors (Lipinski definition) is 1. The Morgan fingerprint density at radius 1 is 1.27 bits per heavy atom. The summed E-state index contributed by atoms with van der Waals surface area (Å²) in [6.45, 7) is 4.28. The van der Waals surface area contributed by atoms with Gasteiger partial charge < -0.3 is 5.32 Å². The van der Waals surface area contributed by atoms with Crippen LogP contribution in [0.5, 0.6) is 0 Å². The number of rotatable bonds is 5. The van der Waals surface area contributed by atoms with E-state index >= 15 is 0 Å². The predicted octanol–water partition coefficient (Wildman–Crippen LogP) is 3.35. The number of nitrogens with one attached hydrogen (secondary N) is 1. The third-order valence-electron chi connectivity index (χ3n) is 4.53. The van der Waals surface area contributed by atoms with Gasteiger partial charge in [-0.25, -0.2) is 8.42 Å². The summed E-state index contributed by atoms with van der Waals surface area (Å²) >= 11 is 0. The molecule has 1 N–H and O–H groups in total. The summed E-state index contributed by atoms with van der Waals surface area (Å²) in [5.41, 5.74) is 2.04. The molecule has 1 aromatic rings. The van der Waals surface area contributed by atoms with Gasteiger partial charge in [0, 0.05) is 12.1 Å². The molecule has 1 aromatic carbocycles. The van der Waals surface area contributed by atoms with Crippen molar-refractivity contribution in [3.8, 4) is 0 Å². The maximum Gasteiger partial charge on any atom is 0.224 e. The fraction of sp³-hybridized carbons (Fsp3) is 0.588. The van der Waals surface area contributed by atoms with Gasteiger partial charge in [0.15, 0.2) is 0 Å². The van der Waals surface area contributed by atoms with Crippen molar-refractivity contribution in [3.05, 3.63) is 29.8 Å². The van der Waals surface area contributed by atoms with Gasteiger partial charge in [0.1, 0.15) is 9.84 Å². The zero-order valence-electron chi connectivity index (χ0n) is 13.3. The normalized spacial score (nSPS) is 19.5. The fourth-order valence-corrected chi connectivity index (χ4v) is 4.46. The van der Waals surface area contributed by atoms with Gasteiger partial charge >= 0.3 is 0 Å². The lowest BCUT2D eigenvalue weighted by Crippen LogP contribution is -2.26. The molecule has 1 heterocycles. The average molecular weight is 323 g/mol. The molecule has 0 aromatic heterocycles. The zero-order chi connectivity index (χ0) is 16.2. The van der Waals surface area contributed by atoms with Gasteiger partial charge in [-0.2, -0.15) is 0 Å². The summed E-state index contributed by atoms with van der Waals surface area (Å²) in [7, 11) is -2.86. The number of amides is 1. The Morgan fingerprint density at radius 3 is 2.55 bits per heavy atom. The van der Waals surface area contributed by atoms with Crippen LogP contribution in [0.4, 0.5) is 5.69 Å². The molecule has 1 aliphatic heterocycles. The van der Waals surface area contributed by atoms with Crippen LogP contribution < -0.4 is 5.32 Å². The van der Waals surface area contributed by atoms with Crippen molar-refractivity contribution in [2.45, 2.75) is 45.4 Å². The van der Waals surface area contributed by atoms with E-state index in [1.807, 2.05) is 18.2 Å². The van der Waals surface area contributed by atoms with Crippen molar-refractivity contribution in [2.24, 2.45) is 5.92 Å². The van der Waals surface area contributed by atoms with Crippen molar-refractivity contribution < 1.29 is 13.2 Å². The molecule has 1 saturated heterocycles. The number of benzene rings is 1. The van der Waals surface area contributed by atoms with Crippen molar-refractivity contribution in [2.75, 3.05) is 16.8 Å². The Kier molecular flexibility index (Phi) is 5.62. The third kappa shape index (κ3) is 4.57. The van der Waals surface area contributed by atoms with E-state index in [4.69, 9.17) is 0 Å². The summed E-state index contributed by atoms with van der Waals surface area (Å²) in [4.78, 5) is 12.2. The van der Waals surface area contributed by atoms with E-state index in [0.717, 1.165) is 17.7 Å². The highest BCUT2D eigenvalue weighted by molar-refractivity contribution is 7.91. The molecule has 0 saturated carbocycles. The zero-order valence-corrected chi connectivity index (χ0v) is 14.2. The van der Waals surface area contributed by atoms with Crippen LogP contribution in [0.3, 0.4) is 0 Å². The molecule has 122 valence electrons. The first-order valence-corrected chi connectivity index (χ1v) is 9.82. The number of carbonyl (C=O) groups excluding carboxylic acids is 1. The summed E-state index contributed by atoms with van der Waals surface area (Å²) in [6.07, 6.45) is 2.63. The number of sulfone groups is 1. The predicted molar refractivity (Wildman–Crippen MR) is 89.8 cm³/mol. The minimum Gasteiger partial charge on any atom is -0.326 e. The Labute approximate surface area is 133 Å². The third-order valence-corrected chi connectivity index (χ3v) is 6.24. The maximum atomic E-state index is 12.2. The van der Waals surface area contributed by atoms with Gasteiger partial charge in [0.25, 0.3) is 0 Å². The van der Waals surface area contributed by atoms with Crippen molar-refractivity contribution in [1.82, 2.24) is 0 Å². The van der Waals surface area contributed by atoms with Gasteiger partial charge in [-0.3, -0.25) is 4.79 Å². The van der Waals surface area contributed by atoms with Gasteiger partial charge in [0.2, 0.25) is 5.91 Å². The number of anilines is 1. The van der Waals surface area contributed by atoms with E-state index in [1.54, 1.807) is 0 Å². The fourth-order valence-electron chi connectivity index (χ4n) is 2.87. The second-order valence-corrected chi connectivity index (χ2v) is 8.55. The molecule has 2 rings (SSSR count). The van der Waals surface area contributed by atoms with Crippen LogP contribution in [0, 0.1) is 5.92 Å². The number of hydrogen-bond acceptors (Lipinski definition) is 3. The van der Waals surface area contributed by atoms with E-state index in [9.17, 15) is 13.2 Å². The Hall–Kier alpha value is -1.36. The molecule has 1 amide bonds. The van der Waals surface area contributed by atoms with Gasteiger partial charge in [-0.1, -0.05) is 32.0 Å². The summed E-state index contributed by atoms with van der Waals surface area (Å²) in [6, 6.07) is 7.90. The highest BCUT2D eigenvalue weighted by atomic mass is 32.2. The highest BCUT2D eigenvalue weighted by Crippen LogP contribution is 2.27. The topological polar surface area (TPSA) is 63.2 Å².